The van der Waals surface area contributed by atoms with E-state index in [0.717, 1.165) is 55.1 Å². The highest BCUT2D eigenvalue weighted by Crippen LogP contribution is 2.35. The van der Waals surface area contributed by atoms with Gasteiger partial charge in [-0.2, -0.15) is 10.1 Å². The van der Waals surface area contributed by atoms with Crippen molar-refractivity contribution >= 4 is 17.6 Å². The third-order valence-electron chi connectivity index (χ3n) is 5.97. The molecule has 154 valence electrons. The lowest BCUT2D eigenvalue weighted by Crippen LogP contribution is -2.51. The number of benzene rings is 1. The van der Waals surface area contributed by atoms with E-state index in [0.29, 0.717) is 17.8 Å². The summed E-state index contributed by atoms with van der Waals surface area (Å²) in [6, 6.07) is 7.42. The first-order chi connectivity index (χ1) is 14.6. The summed E-state index contributed by atoms with van der Waals surface area (Å²) in [4.78, 5) is 13.2. The van der Waals surface area contributed by atoms with Gasteiger partial charge in [-0.1, -0.05) is 18.2 Å². The van der Waals surface area contributed by atoms with Gasteiger partial charge in [0.1, 0.15) is 11.6 Å². The van der Waals surface area contributed by atoms with Gasteiger partial charge < -0.3 is 10.6 Å². The van der Waals surface area contributed by atoms with Crippen LogP contribution < -0.4 is 10.6 Å². The lowest BCUT2D eigenvalue weighted by atomic mass is 10.1. The Bertz CT molecular complexity index is 1110. The predicted molar refractivity (Wildman–Crippen MR) is 115 cm³/mol. The molecule has 0 radical (unpaired) electrons. The standard InChI is InChI=1S/C22H24FN7/c1-15-16(13-26-30(15)22-25-8-7-21(24)27-22)4-3-9-28-10-11-29-17(14-28)12-18-19(23)5-2-6-20(18)29/h2-8,13,17H,9-12,14H2,1H3,(H2,24,25,27)/b4-3+. The molecule has 2 aromatic heterocycles. The van der Waals surface area contributed by atoms with Crippen LogP contribution in [-0.2, 0) is 6.42 Å². The SMILES string of the molecule is Cc1c(/C=C/CN2CCN3c4cccc(F)c4CC3C2)cnn1-c1nccc(N)n1. The van der Waals surface area contributed by atoms with Gasteiger partial charge in [-0.15, -0.1) is 0 Å². The number of nitrogens with two attached hydrogens (primary N) is 1. The van der Waals surface area contributed by atoms with Gasteiger partial charge >= 0.3 is 0 Å². The molecule has 3 aromatic rings. The molecule has 0 aliphatic carbocycles. The van der Waals surface area contributed by atoms with Crippen LogP contribution in [0.5, 0.6) is 0 Å². The minimum Gasteiger partial charge on any atom is -0.384 e. The number of piperazine rings is 1. The summed E-state index contributed by atoms with van der Waals surface area (Å²) in [7, 11) is 0. The van der Waals surface area contributed by atoms with Gasteiger partial charge in [0.2, 0.25) is 0 Å². The van der Waals surface area contributed by atoms with Crippen molar-refractivity contribution in [3.8, 4) is 5.95 Å². The quantitative estimate of drug-likeness (QED) is 0.719. The second kappa shape index (κ2) is 7.53. The number of rotatable bonds is 4. The van der Waals surface area contributed by atoms with Gasteiger partial charge in [-0.25, -0.2) is 14.1 Å². The molecule has 2 aliphatic heterocycles. The molecule has 1 unspecified atom stereocenters. The fourth-order valence-corrected chi connectivity index (χ4v) is 4.41. The smallest absolute Gasteiger partial charge is 0.252 e. The maximum Gasteiger partial charge on any atom is 0.252 e. The first kappa shape index (κ1) is 18.7. The van der Waals surface area contributed by atoms with E-state index < -0.39 is 0 Å². The molecule has 1 fully saturated rings. The monoisotopic (exact) mass is 405 g/mol. The molecule has 5 rings (SSSR count). The van der Waals surface area contributed by atoms with E-state index >= 15 is 0 Å². The third kappa shape index (κ3) is 3.33. The number of hydrogen-bond donors (Lipinski definition) is 1. The molecule has 8 heteroatoms. The highest BCUT2D eigenvalue weighted by Gasteiger charge is 2.35. The van der Waals surface area contributed by atoms with Crippen molar-refractivity contribution in [3.05, 3.63) is 65.4 Å². The van der Waals surface area contributed by atoms with Crippen molar-refractivity contribution in [1.82, 2.24) is 24.6 Å². The van der Waals surface area contributed by atoms with E-state index in [1.54, 1.807) is 23.0 Å². The molecular formula is C22H24FN7. The van der Waals surface area contributed by atoms with E-state index in [4.69, 9.17) is 5.73 Å². The average Bonchev–Trinajstić information content (AvgIpc) is 3.29. The highest BCUT2D eigenvalue weighted by molar-refractivity contribution is 5.60. The van der Waals surface area contributed by atoms with Crippen molar-refractivity contribution in [3.63, 3.8) is 0 Å². The van der Waals surface area contributed by atoms with Crippen LogP contribution >= 0.6 is 0 Å². The lowest BCUT2D eigenvalue weighted by Gasteiger charge is -2.38. The zero-order chi connectivity index (χ0) is 20.7. The number of fused-ring (bicyclic) bond motifs is 3. The predicted octanol–water partition coefficient (Wildman–Crippen LogP) is 2.45. The normalized spacial score (nSPS) is 18.7. The minimum absolute atomic E-state index is 0.0787. The Hall–Kier alpha value is -3.26. The Labute approximate surface area is 174 Å². The number of nitrogen functional groups attached to an aromatic ring is 1. The van der Waals surface area contributed by atoms with Gasteiger partial charge in [0, 0.05) is 55.2 Å². The van der Waals surface area contributed by atoms with Crippen LogP contribution in [0.1, 0.15) is 16.8 Å². The second-order valence-electron chi connectivity index (χ2n) is 7.83. The van der Waals surface area contributed by atoms with E-state index in [1.807, 2.05) is 25.3 Å². The van der Waals surface area contributed by atoms with Gasteiger partial charge in [0.05, 0.1) is 11.9 Å². The van der Waals surface area contributed by atoms with E-state index in [9.17, 15) is 4.39 Å². The summed E-state index contributed by atoms with van der Waals surface area (Å²) < 4.78 is 15.8. The lowest BCUT2D eigenvalue weighted by molar-refractivity contribution is 0.249. The van der Waals surface area contributed by atoms with Crippen LogP contribution in [0.2, 0.25) is 0 Å². The number of halogens is 1. The summed E-state index contributed by atoms with van der Waals surface area (Å²) in [6.07, 6.45) is 8.47. The Morgan fingerprint density at radius 2 is 2.17 bits per heavy atom. The Balaban J connectivity index is 1.23. The molecule has 1 aromatic carbocycles. The zero-order valence-electron chi connectivity index (χ0n) is 16.9. The maximum atomic E-state index is 14.1. The maximum absolute atomic E-state index is 14.1. The van der Waals surface area contributed by atoms with Crippen LogP contribution in [0.4, 0.5) is 15.9 Å². The van der Waals surface area contributed by atoms with Crippen molar-refractivity contribution in [2.75, 3.05) is 36.8 Å². The van der Waals surface area contributed by atoms with Gasteiger partial charge in [0.25, 0.3) is 5.95 Å². The molecule has 2 aliphatic rings. The number of nitrogens with zero attached hydrogens (tertiary/aromatic N) is 6. The minimum atomic E-state index is -0.0787. The van der Waals surface area contributed by atoms with E-state index in [-0.39, 0.29) is 5.82 Å². The molecule has 0 saturated carbocycles. The fraction of sp³-hybridized carbons (Fsp3) is 0.318. The molecule has 2 N–H and O–H groups in total. The molecule has 0 spiro atoms. The number of aromatic nitrogens is 4. The molecule has 0 amide bonds. The topological polar surface area (TPSA) is 76.1 Å². The molecule has 1 saturated heterocycles. The molecule has 30 heavy (non-hydrogen) atoms. The van der Waals surface area contributed by atoms with Crippen LogP contribution in [-0.4, -0.2) is 56.9 Å². The van der Waals surface area contributed by atoms with Crippen molar-refractivity contribution < 1.29 is 4.39 Å². The number of anilines is 2. The highest BCUT2D eigenvalue weighted by atomic mass is 19.1. The van der Waals surface area contributed by atoms with Gasteiger partial charge in [-0.05, 0) is 31.5 Å². The van der Waals surface area contributed by atoms with Gasteiger partial charge in [-0.3, -0.25) is 4.90 Å². The van der Waals surface area contributed by atoms with E-state index in [2.05, 4.69) is 37.0 Å². The first-order valence-electron chi connectivity index (χ1n) is 10.2. The zero-order valence-corrected chi connectivity index (χ0v) is 16.9. The largest absolute Gasteiger partial charge is 0.384 e. The summed E-state index contributed by atoms with van der Waals surface area (Å²) >= 11 is 0. The summed E-state index contributed by atoms with van der Waals surface area (Å²) in [5.74, 6) is 0.807. The molecular weight excluding hydrogens is 381 g/mol. The van der Waals surface area contributed by atoms with E-state index in [1.165, 1.54) is 0 Å². The molecule has 4 heterocycles. The van der Waals surface area contributed by atoms with Crippen molar-refractivity contribution in [2.45, 2.75) is 19.4 Å². The Morgan fingerprint density at radius 1 is 1.27 bits per heavy atom. The molecule has 7 nitrogen and oxygen atoms in total. The first-order valence-corrected chi connectivity index (χ1v) is 10.2. The number of hydrogen-bond acceptors (Lipinski definition) is 6. The van der Waals surface area contributed by atoms with Crippen molar-refractivity contribution in [1.29, 1.82) is 0 Å². The van der Waals surface area contributed by atoms with Crippen LogP contribution in [0.15, 0.2) is 42.7 Å². The van der Waals surface area contributed by atoms with Crippen molar-refractivity contribution in [2.24, 2.45) is 0 Å². The average molecular weight is 405 g/mol. The second-order valence-corrected chi connectivity index (χ2v) is 7.83. The Kier molecular flexibility index (Phi) is 4.71. The summed E-state index contributed by atoms with van der Waals surface area (Å²) in [6.45, 7) is 5.67. The Morgan fingerprint density at radius 3 is 3.03 bits per heavy atom. The summed E-state index contributed by atoms with van der Waals surface area (Å²) in [5, 5.41) is 4.40. The van der Waals surface area contributed by atoms with Crippen LogP contribution in [0.25, 0.3) is 12.0 Å². The van der Waals surface area contributed by atoms with Crippen LogP contribution in [0.3, 0.4) is 0 Å². The summed E-state index contributed by atoms with van der Waals surface area (Å²) in [5.41, 5.74) is 9.68. The molecule has 0 bridgehead atoms. The van der Waals surface area contributed by atoms with Crippen LogP contribution in [0, 0.1) is 12.7 Å². The van der Waals surface area contributed by atoms with Gasteiger partial charge in [0.15, 0.2) is 0 Å². The molecule has 1 atom stereocenters. The third-order valence-corrected chi connectivity index (χ3v) is 5.97. The fourth-order valence-electron chi connectivity index (χ4n) is 4.41.